The van der Waals surface area contributed by atoms with Crippen LogP contribution in [0.5, 0.6) is 0 Å². The summed E-state index contributed by atoms with van der Waals surface area (Å²) in [5.41, 5.74) is 0. The quantitative estimate of drug-likeness (QED) is 0.421. The second-order valence-electron chi connectivity index (χ2n) is 4.92. The molecule has 0 aromatic carbocycles. The topological polar surface area (TPSA) is 78.6 Å². The van der Waals surface area contributed by atoms with Gasteiger partial charge in [0.1, 0.15) is 12.2 Å². The van der Waals surface area contributed by atoms with Crippen molar-refractivity contribution in [3.05, 3.63) is 12.2 Å². The van der Waals surface area contributed by atoms with Crippen LogP contribution in [0.2, 0.25) is 0 Å². The van der Waals surface area contributed by atoms with E-state index in [0.717, 1.165) is 44.3 Å². The van der Waals surface area contributed by atoms with Gasteiger partial charge in [0.05, 0.1) is 12.6 Å². The highest BCUT2D eigenvalue weighted by Crippen LogP contribution is 2.08. The van der Waals surface area contributed by atoms with Crippen molar-refractivity contribution in [1.29, 1.82) is 0 Å². The molecule has 21 heavy (non-hydrogen) atoms. The first-order valence-corrected chi connectivity index (χ1v) is 7.32. The average Bonchev–Trinajstić information content (AvgIpc) is 3.06. The molecule has 7 nitrogen and oxygen atoms in total. The standard InChI is InChI=1S/C13H24N6O.HI/c1-3-12-17-16-10-19(12)8-6-15-13(14-4-2)18-7-5-11(20)9-18;/h10-11,20H,3-9H2,1-2H3,(H,14,15);1H/t11-;/m1./s1. The Morgan fingerprint density at radius 3 is 2.95 bits per heavy atom. The zero-order valence-electron chi connectivity index (χ0n) is 12.7. The van der Waals surface area contributed by atoms with E-state index in [1.165, 1.54) is 0 Å². The molecule has 1 aliphatic heterocycles. The number of β-amino-alcohol motifs (C(OH)–C–C–N with tert-alkyl or cyclic N) is 1. The molecule has 1 fully saturated rings. The number of halogens is 1. The summed E-state index contributed by atoms with van der Waals surface area (Å²) in [5.74, 6) is 1.87. The molecule has 1 aliphatic rings. The largest absolute Gasteiger partial charge is 0.391 e. The summed E-state index contributed by atoms with van der Waals surface area (Å²) in [5, 5.41) is 20.9. The minimum absolute atomic E-state index is 0. The van der Waals surface area contributed by atoms with Crippen molar-refractivity contribution in [1.82, 2.24) is 25.0 Å². The second kappa shape index (κ2) is 9.19. The van der Waals surface area contributed by atoms with Crippen molar-refractivity contribution in [2.75, 3.05) is 26.2 Å². The molecule has 0 saturated carbocycles. The van der Waals surface area contributed by atoms with E-state index in [1.807, 2.05) is 4.57 Å². The predicted octanol–water partition coefficient (Wildman–Crippen LogP) is 0.491. The van der Waals surface area contributed by atoms with Crippen LogP contribution in [0, 0.1) is 0 Å². The van der Waals surface area contributed by atoms with Crippen LogP contribution in [-0.2, 0) is 13.0 Å². The molecule has 2 N–H and O–H groups in total. The second-order valence-corrected chi connectivity index (χ2v) is 4.92. The molecule has 0 bridgehead atoms. The summed E-state index contributed by atoms with van der Waals surface area (Å²) in [6.07, 6.45) is 3.21. The number of hydrogen-bond acceptors (Lipinski definition) is 4. The molecule has 2 heterocycles. The number of likely N-dealkylation sites (tertiary alicyclic amines) is 1. The lowest BCUT2D eigenvalue weighted by Crippen LogP contribution is -2.40. The Hall–Kier alpha value is -0.900. The van der Waals surface area contributed by atoms with Crippen molar-refractivity contribution in [3.8, 4) is 0 Å². The van der Waals surface area contributed by atoms with Crippen LogP contribution in [0.4, 0.5) is 0 Å². The number of hydrogen-bond donors (Lipinski definition) is 2. The third-order valence-electron chi connectivity index (χ3n) is 3.41. The van der Waals surface area contributed by atoms with Gasteiger partial charge in [-0.05, 0) is 13.3 Å². The Morgan fingerprint density at radius 2 is 2.33 bits per heavy atom. The van der Waals surface area contributed by atoms with E-state index < -0.39 is 0 Å². The summed E-state index contributed by atoms with van der Waals surface area (Å²) < 4.78 is 2.03. The van der Waals surface area contributed by atoms with Gasteiger partial charge in [-0.25, -0.2) is 0 Å². The van der Waals surface area contributed by atoms with Crippen LogP contribution >= 0.6 is 24.0 Å². The number of nitrogens with zero attached hydrogens (tertiary/aromatic N) is 5. The van der Waals surface area contributed by atoms with Crippen LogP contribution in [0.1, 0.15) is 26.1 Å². The lowest BCUT2D eigenvalue weighted by atomic mass is 10.3. The molecule has 2 rings (SSSR count). The zero-order chi connectivity index (χ0) is 14.4. The average molecular weight is 408 g/mol. The van der Waals surface area contributed by atoms with E-state index >= 15 is 0 Å². The fourth-order valence-corrected chi connectivity index (χ4v) is 2.36. The fraction of sp³-hybridized carbons (Fsp3) is 0.769. The van der Waals surface area contributed by atoms with E-state index in [9.17, 15) is 5.11 Å². The molecule has 1 atom stereocenters. The number of aryl methyl sites for hydroxylation is 1. The Kier molecular flexibility index (Phi) is 7.94. The maximum absolute atomic E-state index is 9.62. The third-order valence-corrected chi connectivity index (χ3v) is 3.41. The number of aromatic nitrogens is 3. The summed E-state index contributed by atoms with van der Waals surface area (Å²) in [7, 11) is 0. The van der Waals surface area contributed by atoms with Crippen LogP contribution in [0.3, 0.4) is 0 Å². The molecular weight excluding hydrogens is 383 g/mol. The molecule has 0 unspecified atom stereocenters. The van der Waals surface area contributed by atoms with E-state index in [2.05, 4.69) is 39.3 Å². The highest BCUT2D eigenvalue weighted by atomic mass is 127. The predicted molar refractivity (Wildman–Crippen MR) is 93.0 cm³/mol. The third kappa shape index (κ3) is 5.10. The zero-order valence-corrected chi connectivity index (χ0v) is 15.0. The van der Waals surface area contributed by atoms with Crippen LogP contribution in [0.15, 0.2) is 11.3 Å². The molecular formula is C13H25IN6O. The van der Waals surface area contributed by atoms with E-state index in [4.69, 9.17) is 0 Å². The minimum atomic E-state index is -0.233. The first-order chi connectivity index (χ1) is 9.74. The van der Waals surface area contributed by atoms with Gasteiger partial charge in [-0.15, -0.1) is 34.2 Å². The molecule has 0 aliphatic carbocycles. The number of nitrogens with one attached hydrogen (secondary N) is 1. The molecule has 0 amide bonds. The number of aliphatic hydroxyl groups is 1. The van der Waals surface area contributed by atoms with E-state index in [-0.39, 0.29) is 30.1 Å². The van der Waals surface area contributed by atoms with Gasteiger partial charge in [0.15, 0.2) is 5.96 Å². The van der Waals surface area contributed by atoms with Gasteiger partial charge < -0.3 is 19.9 Å². The highest BCUT2D eigenvalue weighted by molar-refractivity contribution is 14.0. The van der Waals surface area contributed by atoms with Gasteiger partial charge in [0, 0.05) is 32.6 Å². The first kappa shape index (κ1) is 18.1. The molecule has 0 spiro atoms. The minimum Gasteiger partial charge on any atom is -0.391 e. The lowest BCUT2D eigenvalue weighted by Gasteiger charge is -2.21. The first-order valence-electron chi connectivity index (χ1n) is 7.32. The number of guanidine groups is 1. The van der Waals surface area contributed by atoms with E-state index in [1.54, 1.807) is 6.33 Å². The normalized spacial score (nSPS) is 18.7. The fourth-order valence-electron chi connectivity index (χ4n) is 2.36. The summed E-state index contributed by atoms with van der Waals surface area (Å²) in [6, 6.07) is 0. The smallest absolute Gasteiger partial charge is 0.194 e. The molecule has 1 aromatic heterocycles. The Morgan fingerprint density at radius 1 is 1.52 bits per heavy atom. The molecule has 1 saturated heterocycles. The van der Waals surface area contributed by atoms with Gasteiger partial charge in [-0.3, -0.25) is 4.99 Å². The summed E-state index contributed by atoms with van der Waals surface area (Å²) in [4.78, 5) is 6.74. The molecule has 8 heteroatoms. The van der Waals surface area contributed by atoms with Crippen molar-refractivity contribution < 1.29 is 5.11 Å². The SMILES string of the molecule is CCNC(=NCCn1cnnc1CC)N1CC[C@@H](O)C1.I. The lowest BCUT2D eigenvalue weighted by molar-refractivity contribution is 0.188. The maximum Gasteiger partial charge on any atom is 0.194 e. The van der Waals surface area contributed by atoms with Gasteiger partial charge in [0.2, 0.25) is 0 Å². The van der Waals surface area contributed by atoms with Crippen LogP contribution < -0.4 is 5.32 Å². The number of aliphatic hydroxyl groups excluding tert-OH is 1. The van der Waals surface area contributed by atoms with Crippen LogP contribution in [-0.4, -0.2) is 63.0 Å². The summed E-state index contributed by atoms with van der Waals surface area (Å²) >= 11 is 0. The van der Waals surface area contributed by atoms with E-state index in [0.29, 0.717) is 13.1 Å². The number of rotatable bonds is 5. The summed E-state index contributed by atoms with van der Waals surface area (Å²) in [6.45, 7) is 7.94. The highest BCUT2D eigenvalue weighted by Gasteiger charge is 2.22. The van der Waals surface area contributed by atoms with Crippen molar-refractivity contribution in [3.63, 3.8) is 0 Å². The van der Waals surface area contributed by atoms with Crippen molar-refractivity contribution in [2.45, 2.75) is 39.3 Å². The Bertz CT molecular complexity index is 450. The molecule has 1 aromatic rings. The van der Waals surface area contributed by atoms with Gasteiger partial charge in [-0.2, -0.15) is 0 Å². The van der Waals surface area contributed by atoms with Crippen LogP contribution in [0.25, 0.3) is 0 Å². The molecule has 120 valence electrons. The molecule has 0 radical (unpaired) electrons. The van der Waals surface area contributed by atoms with Gasteiger partial charge in [0.25, 0.3) is 0 Å². The number of aliphatic imine (C=N–C) groups is 1. The van der Waals surface area contributed by atoms with Crippen molar-refractivity contribution in [2.24, 2.45) is 4.99 Å². The monoisotopic (exact) mass is 408 g/mol. The van der Waals surface area contributed by atoms with Crippen molar-refractivity contribution >= 4 is 29.9 Å². The maximum atomic E-state index is 9.62. The Labute approximate surface area is 142 Å². The van der Waals surface area contributed by atoms with Gasteiger partial charge >= 0.3 is 0 Å². The Balaban J connectivity index is 0.00000220. The van der Waals surface area contributed by atoms with Gasteiger partial charge in [-0.1, -0.05) is 6.92 Å².